The molecule has 0 aliphatic carbocycles. The van der Waals surface area contributed by atoms with E-state index in [0.29, 0.717) is 37.5 Å². The second-order valence-corrected chi connectivity index (χ2v) is 8.85. The Balaban J connectivity index is 1.24. The van der Waals surface area contributed by atoms with Crippen LogP contribution in [0.3, 0.4) is 0 Å². The number of nitrogens with zero attached hydrogens (tertiary/aromatic N) is 4. The van der Waals surface area contributed by atoms with Crippen LogP contribution in [0, 0.1) is 0 Å². The topological polar surface area (TPSA) is 105 Å². The van der Waals surface area contributed by atoms with Crippen LogP contribution in [0.4, 0.5) is 10.8 Å². The fourth-order valence-electron chi connectivity index (χ4n) is 3.76. The number of aromatic nitrogens is 2. The van der Waals surface area contributed by atoms with E-state index in [-0.39, 0.29) is 24.7 Å². The molecule has 4 rings (SSSR count). The molecule has 0 unspecified atom stereocenters. The van der Waals surface area contributed by atoms with Crippen LogP contribution >= 0.6 is 11.3 Å². The number of amides is 2. The Labute approximate surface area is 201 Å². The van der Waals surface area contributed by atoms with Crippen LogP contribution in [0.2, 0.25) is 0 Å². The molecule has 1 N–H and O–H groups in total. The second-order valence-electron chi connectivity index (χ2n) is 7.89. The lowest BCUT2D eigenvalue weighted by atomic mass is 10.2. The Bertz CT molecular complexity index is 1130. The molecular weight excluding hydrogens is 454 g/mol. The van der Waals surface area contributed by atoms with Crippen LogP contribution in [-0.4, -0.2) is 65.4 Å². The number of hydrogen-bond acceptors (Lipinski definition) is 8. The zero-order valence-electron chi connectivity index (χ0n) is 19.0. The van der Waals surface area contributed by atoms with Crippen LogP contribution in [-0.2, 0) is 14.3 Å². The fourth-order valence-corrected chi connectivity index (χ4v) is 4.72. The molecule has 3 aromatic rings. The zero-order valence-corrected chi connectivity index (χ0v) is 19.8. The van der Waals surface area contributed by atoms with Crippen LogP contribution in [0.1, 0.15) is 36.5 Å². The Morgan fingerprint density at radius 2 is 1.88 bits per heavy atom. The lowest BCUT2D eigenvalue weighted by molar-refractivity contribution is -0.132. The number of anilines is 2. The molecule has 1 saturated heterocycles. The average Bonchev–Trinajstić information content (AvgIpc) is 3.12. The fraction of sp³-hybridized carbons (Fsp3) is 0.375. The first kappa shape index (κ1) is 23.6. The Kier molecular flexibility index (Phi) is 7.69. The third kappa shape index (κ3) is 5.88. The largest absolute Gasteiger partial charge is 0.462 e. The number of pyridine rings is 1. The van der Waals surface area contributed by atoms with E-state index in [0.717, 1.165) is 28.4 Å². The quantitative estimate of drug-likeness (QED) is 0.516. The number of benzene rings is 1. The SMILES string of the molecule is CCOC(=O)c1ccc(NC(=O)CCC(=O)N2CCCN(c3nc4cccnc4s3)CC2)cc1. The van der Waals surface area contributed by atoms with Gasteiger partial charge in [-0.1, -0.05) is 11.3 Å². The van der Waals surface area contributed by atoms with Crippen LogP contribution < -0.4 is 10.2 Å². The highest BCUT2D eigenvalue weighted by molar-refractivity contribution is 7.21. The van der Waals surface area contributed by atoms with Crippen molar-refractivity contribution in [1.29, 1.82) is 0 Å². The molecule has 178 valence electrons. The molecule has 10 heteroatoms. The summed E-state index contributed by atoms with van der Waals surface area (Å²) < 4.78 is 4.95. The number of fused-ring (bicyclic) bond motifs is 1. The minimum atomic E-state index is -0.401. The van der Waals surface area contributed by atoms with Gasteiger partial charge in [-0.05, 0) is 49.7 Å². The summed E-state index contributed by atoms with van der Waals surface area (Å²) in [7, 11) is 0. The van der Waals surface area contributed by atoms with Crippen molar-refractivity contribution in [3.63, 3.8) is 0 Å². The van der Waals surface area contributed by atoms with Crippen LogP contribution in [0.15, 0.2) is 42.6 Å². The maximum absolute atomic E-state index is 12.7. The Morgan fingerprint density at radius 1 is 1.06 bits per heavy atom. The smallest absolute Gasteiger partial charge is 0.338 e. The highest BCUT2D eigenvalue weighted by atomic mass is 32.1. The molecular formula is C24H27N5O4S. The van der Waals surface area contributed by atoms with Gasteiger partial charge in [0.25, 0.3) is 0 Å². The number of carbonyl (C=O) groups is 3. The van der Waals surface area contributed by atoms with Crippen molar-refractivity contribution in [3.05, 3.63) is 48.2 Å². The molecule has 0 saturated carbocycles. The summed E-state index contributed by atoms with van der Waals surface area (Å²) in [5.41, 5.74) is 1.88. The molecule has 1 aliphatic heterocycles. The first-order valence-electron chi connectivity index (χ1n) is 11.3. The van der Waals surface area contributed by atoms with Gasteiger partial charge in [0.05, 0.1) is 12.2 Å². The number of esters is 1. The number of nitrogens with one attached hydrogen (secondary N) is 1. The van der Waals surface area contributed by atoms with Gasteiger partial charge in [-0.15, -0.1) is 0 Å². The highest BCUT2D eigenvalue weighted by Gasteiger charge is 2.22. The van der Waals surface area contributed by atoms with Crippen LogP contribution in [0.25, 0.3) is 10.3 Å². The standard InChI is InChI=1S/C24H27N5O4S/c1-2-33-23(32)17-6-8-18(9-7-17)26-20(30)10-11-21(31)28-13-4-14-29(16-15-28)24-27-19-5-3-12-25-22(19)34-24/h3,5-9,12H,2,4,10-11,13-16H2,1H3,(H,26,30). The van der Waals surface area contributed by atoms with Crippen molar-refractivity contribution < 1.29 is 19.1 Å². The predicted molar refractivity (Wildman–Crippen MR) is 131 cm³/mol. The Morgan fingerprint density at radius 3 is 2.65 bits per heavy atom. The van der Waals surface area contributed by atoms with Crippen molar-refractivity contribution in [1.82, 2.24) is 14.9 Å². The van der Waals surface area contributed by atoms with Gasteiger partial charge < -0.3 is 19.9 Å². The van der Waals surface area contributed by atoms with E-state index in [9.17, 15) is 14.4 Å². The molecule has 0 atom stereocenters. The lowest BCUT2D eigenvalue weighted by Crippen LogP contribution is -2.35. The van der Waals surface area contributed by atoms with Crippen molar-refractivity contribution in [3.8, 4) is 0 Å². The molecule has 3 heterocycles. The van der Waals surface area contributed by atoms with Gasteiger partial charge in [0.1, 0.15) is 10.3 Å². The van der Waals surface area contributed by atoms with E-state index < -0.39 is 5.97 Å². The summed E-state index contributed by atoms with van der Waals surface area (Å²) in [6.45, 7) is 4.83. The zero-order chi connectivity index (χ0) is 23.9. The van der Waals surface area contributed by atoms with Crippen LogP contribution in [0.5, 0.6) is 0 Å². The Hall–Kier alpha value is -3.53. The number of hydrogen-bond donors (Lipinski definition) is 1. The molecule has 1 fully saturated rings. The second kappa shape index (κ2) is 11.1. The summed E-state index contributed by atoms with van der Waals surface area (Å²) in [4.78, 5) is 50.7. The molecule has 1 aliphatic rings. The molecule has 34 heavy (non-hydrogen) atoms. The van der Waals surface area contributed by atoms with E-state index in [4.69, 9.17) is 4.74 Å². The highest BCUT2D eigenvalue weighted by Crippen LogP contribution is 2.27. The maximum Gasteiger partial charge on any atom is 0.338 e. The number of ether oxygens (including phenoxy) is 1. The molecule has 0 radical (unpaired) electrons. The molecule has 2 aromatic heterocycles. The van der Waals surface area contributed by atoms with E-state index in [1.54, 1.807) is 48.7 Å². The van der Waals surface area contributed by atoms with Crippen molar-refractivity contribution in [2.45, 2.75) is 26.2 Å². The minimum Gasteiger partial charge on any atom is -0.462 e. The summed E-state index contributed by atoms with van der Waals surface area (Å²) in [6.07, 6.45) is 2.86. The third-order valence-corrected chi connectivity index (χ3v) is 6.56. The number of carbonyl (C=O) groups excluding carboxylic acids is 3. The molecule has 1 aromatic carbocycles. The van der Waals surface area contributed by atoms with Gasteiger partial charge >= 0.3 is 5.97 Å². The monoisotopic (exact) mass is 481 g/mol. The number of thiazole rings is 1. The maximum atomic E-state index is 12.7. The van der Waals surface area contributed by atoms with Gasteiger partial charge in [0.2, 0.25) is 11.8 Å². The van der Waals surface area contributed by atoms with E-state index in [1.807, 2.05) is 17.0 Å². The molecule has 2 amide bonds. The van der Waals surface area contributed by atoms with Gasteiger partial charge in [-0.25, -0.2) is 14.8 Å². The summed E-state index contributed by atoms with van der Waals surface area (Å²) in [6, 6.07) is 10.3. The third-order valence-electron chi connectivity index (χ3n) is 5.52. The first-order chi connectivity index (χ1) is 16.5. The van der Waals surface area contributed by atoms with Gasteiger partial charge in [0.15, 0.2) is 5.13 Å². The minimum absolute atomic E-state index is 0.0272. The lowest BCUT2D eigenvalue weighted by Gasteiger charge is -2.21. The summed E-state index contributed by atoms with van der Waals surface area (Å²) >= 11 is 1.56. The molecule has 9 nitrogen and oxygen atoms in total. The van der Waals surface area contributed by atoms with Gasteiger partial charge in [-0.3, -0.25) is 9.59 Å². The summed E-state index contributed by atoms with van der Waals surface area (Å²) in [5, 5.41) is 3.70. The average molecular weight is 482 g/mol. The van der Waals surface area contributed by atoms with E-state index in [1.165, 1.54) is 0 Å². The predicted octanol–water partition coefficient (Wildman–Crippen LogP) is 3.33. The van der Waals surface area contributed by atoms with Gasteiger partial charge in [0, 0.05) is 50.9 Å². The van der Waals surface area contributed by atoms with Crippen molar-refractivity contribution >= 4 is 50.3 Å². The van der Waals surface area contributed by atoms with E-state index in [2.05, 4.69) is 20.2 Å². The molecule has 0 spiro atoms. The normalized spacial score (nSPS) is 14.0. The van der Waals surface area contributed by atoms with E-state index >= 15 is 0 Å². The molecule has 0 bridgehead atoms. The summed E-state index contributed by atoms with van der Waals surface area (Å²) in [5.74, 6) is -0.668. The number of rotatable bonds is 7. The van der Waals surface area contributed by atoms with Crippen molar-refractivity contribution in [2.24, 2.45) is 0 Å². The first-order valence-corrected chi connectivity index (χ1v) is 12.2. The van der Waals surface area contributed by atoms with Gasteiger partial charge in [-0.2, -0.15) is 0 Å². The van der Waals surface area contributed by atoms with Crippen molar-refractivity contribution in [2.75, 3.05) is 43.0 Å².